The lowest BCUT2D eigenvalue weighted by Crippen LogP contribution is -2.48. The van der Waals surface area contributed by atoms with E-state index in [1.807, 2.05) is 0 Å². The average Bonchev–Trinajstić information content (AvgIpc) is 2.19. The Morgan fingerprint density at radius 3 is 2.13 bits per heavy atom. The maximum atomic E-state index is 10.2. The molecule has 0 aromatic heterocycles. The molecule has 2 nitrogen and oxygen atoms in total. The molecule has 2 heteroatoms. The number of ether oxygens (including phenoxy) is 1. The van der Waals surface area contributed by atoms with Gasteiger partial charge in [0.25, 0.3) is 0 Å². The van der Waals surface area contributed by atoms with Gasteiger partial charge in [0.15, 0.2) is 0 Å². The summed E-state index contributed by atoms with van der Waals surface area (Å²) in [7, 11) is 1.75. The molecule has 1 aliphatic rings. The Kier molecular flexibility index (Phi) is 4.19. The van der Waals surface area contributed by atoms with Gasteiger partial charge in [0, 0.05) is 7.11 Å². The molecule has 15 heavy (non-hydrogen) atoms. The first-order valence-corrected chi connectivity index (χ1v) is 6.19. The number of methoxy groups -OCH3 is 1. The molecule has 1 saturated carbocycles. The van der Waals surface area contributed by atoms with Crippen LogP contribution < -0.4 is 0 Å². The monoisotopic (exact) mass is 214 g/mol. The Balaban J connectivity index is 2.63. The first kappa shape index (κ1) is 13.0. The third-order valence-corrected chi connectivity index (χ3v) is 4.03. The summed E-state index contributed by atoms with van der Waals surface area (Å²) in [6.45, 7) is 6.72. The normalized spacial score (nSPS) is 26.2. The molecule has 1 fully saturated rings. The van der Waals surface area contributed by atoms with Gasteiger partial charge in [0.05, 0.1) is 11.7 Å². The highest BCUT2D eigenvalue weighted by Crippen LogP contribution is 2.44. The zero-order valence-corrected chi connectivity index (χ0v) is 10.7. The fourth-order valence-corrected chi connectivity index (χ4v) is 2.56. The van der Waals surface area contributed by atoms with Crippen molar-refractivity contribution in [1.82, 2.24) is 0 Å². The lowest BCUT2D eigenvalue weighted by atomic mass is 9.68. The van der Waals surface area contributed by atoms with E-state index in [2.05, 4.69) is 20.8 Å². The van der Waals surface area contributed by atoms with Gasteiger partial charge in [-0.05, 0) is 37.5 Å². The highest BCUT2D eigenvalue weighted by molar-refractivity contribution is 4.95. The molecule has 0 saturated heterocycles. The Bertz CT molecular complexity index is 189. The summed E-state index contributed by atoms with van der Waals surface area (Å²) in [5, 5.41) is 10.2. The largest absolute Gasteiger partial charge is 0.390 e. The van der Waals surface area contributed by atoms with Crippen LogP contribution in [0.2, 0.25) is 0 Å². The second-order valence-corrected chi connectivity index (χ2v) is 5.74. The van der Waals surface area contributed by atoms with E-state index in [1.165, 1.54) is 0 Å². The minimum Gasteiger partial charge on any atom is -0.390 e. The van der Waals surface area contributed by atoms with E-state index in [0.717, 1.165) is 38.5 Å². The predicted octanol–water partition coefficient (Wildman–Crippen LogP) is 3.13. The standard InChI is InChI=1S/C13H26O2/c1-5-6-11(14)13(15-4)9-7-12(2,3)8-10-13/h11,14H,5-10H2,1-4H3. The number of aliphatic hydroxyl groups excluding tert-OH is 1. The van der Waals surface area contributed by atoms with Crippen LogP contribution in [0.25, 0.3) is 0 Å². The van der Waals surface area contributed by atoms with Crippen molar-refractivity contribution in [3.8, 4) is 0 Å². The van der Waals surface area contributed by atoms with Crippen molar-refractivity contribution >= 4 is 0 Å². The van der Waals surface area contributed by atoms with Crippen LogP contribution in [0, 0.1) is 5.41 Å². The predicted molar refractivity (Wildman–Crippen MR) is 62.9 cm³/mol. The fourth-order valence-electron chi connectivity index (χ4n) is 2.56. The van der Waals surface area contributed by atoms with Crippen LogP contribution in [0.1, 0.15) is 59.3 Å². The van der Waals surface area contributed by atoms with E-state index in [4.69, 9.17) is 4.74 Å². The fraction of sp³-hybridized carbons (Fsp3) is 1.00. The summed E-state index contributed by atoms with van der Waals surface area (Å²) < 4.78 is 5.64. The van der Waals surface area contributed by atoms with Crippen molar-refractivity contribution in [2.24, 2.45) is 5.41 Å². The Labute approximate surface area is 94.0 Å². The quantitative estimate of drug-likeness (QED) is 0.779. The molecule has 90 valence electrons. The van der Waals surface area contributed by atoms with E-state index in [0.29, 0.717) is 5.41 Å². The van der Waals surface area contributed by atoms with Gasteiger partial charge in [-0.15, -0.1) is 0 Å². The van der Waals surface area contributed by atoms with Crippen molar-refractivity contribution < 1.29 is 9.84 Å². The molecule has 1 atom stereocenters. The molecule has 0 radical (unpaired) electrons. The summed E-state index contributed by atoms with van der Waals surface area (Å²) in [4.78, 5) is 0. The minimum atomic E-state index is -0.288. The zero-order valence-electron chi connectivity index (χ0n) is 10.7. The van der Waals surface area contributed by atoms with Crippen LogP contribution in [-0.2, 0) is 4.74 Å². The third kappa shape index (κ3) is 2.94. The Morgan fingerprint density at radius 2 is 1.73 bits per heavy atom. The molecule has 0 amide bonds. The van der Waals surface area contributed by atoms with Crippen LogP contribution in [0.5, 0.6) is 0 Å². The van der Waals surface area contributed by atoms with Gasteiger partial charge in [0.1, 0.15) is 0 Å². The molecule has 1 rings (SSSR count). The van der Waals surface area contributed by atoms with Crippen LogP contribution in [0.3, 0.4) is 0 Å². The van der Waals surface area contributed by atoms with E-state index in [9.17, 15) is 5.11 Å². The summed E-state index contributed by atoms with van der Waals surface area (Å²) in [5.74, 6) is 0. The Hall–Kier alpha value is -0.0800. The van der Waals surface area contributed by atoms with Gasteiger partial charge in [-0.2, -0.15) is 0 Å². The number of aliphatic hydroxyl groups is 1. The second-order valence-electron chi connectivity index (χ2n) is 5.74. The van der Waals surface area contributed by atoms with Crippen molar-refractivity contribution in [2.75, 3.05) is 7.11 Å². The second kappa shape index (κ2) is 4.84. The molecule has 0 aromatic carbocycles. The van der Waals surface area contributed by atoms with Crippen LogP contribution in [0.4, 0.5) is 0 Å². The van der Waals surface area contributed by atoms with Crippen molar-refractivity contribution in [1.29, 1.82) is 0 Å². The molecular weight excluding hydrogens is 188 g/mol. The van der Waals surface area contributed by atoms with Crippen LogP contribution in [0.15, 0.2) is 0 Å². The first-order valence-electron chi connectivity index (χ1n) is 6.19. The van der Waals surface area contributed by atoms with Gasteiger partial charge < -0.3 is 9.84 Å². The Morgan fingerprint density at radius 1 is 1.20 bits per heavy atom. The molecule has 1 aliphatic carbocycles. The topological polar surface area (TPSA) is 29.5 Å². The van der Waals surface area contributed by atoms with Gasteiger partial charge >= 0.3 is 0 Å². The van der Waals surface area contributed by atoms with Gasteiger partial charge in [-0.1, -0.05) is 27.2 Å². The molecule has 1 unspecified atom stereocenters. The van der Waals surface area contributed by atoms with Crippen LogP contribution >= 0.6 is 0 Å². The number of hydrogen-bond donors (Lipinski definition) is 1. The number of rotatable bonds is 4. The smallest absolute Gasteiger partial charge is 0.0936 e. The molecule has 0 spiro atoms. The van der Waals surface area contributed by atoms with Gasteiger partial charge in [-0.3, -0.25) is 0 Å². The lowest BCUT2D eigenvalue weighted by molar-refractivity contribution is -0.138. The lowest BCUT2D eigenvalue weighted by Gasteiger charge is -2.45. The maximum absolute atomic E-state index is 10.2. The third-order valence-electron chi connectivity index (χ3n) is 4.03. The highest BCUT2D eigenvalue weighted by atomic mass is 16.5. The molecule has 0 heterocycles. The maximum Gasteiger partial charge on any atom is 0.0936 e. The zero-order chi connectivity index (χ0) is 11.5. The van der Waals surface area contributed by atoms with Crippen molar-refractivity contribution in [2.45, 2.75) is 71.0 Å². The van der Waals surface area contributed by atoms with E-state index in [-0.39, 0.29) is 11.7 Å². The van der Waals surface area contributed by atoms with E-state index >= 15 is 0 Å². The first-order chi connectivity index (χ1) is 6.96. The van der Waals surface area contributed by atoms with Crippen LogP contribution in [-0.4, -0.2) is 23.9 Å². The van der Waals surface area contributed by atoms with E-state index in [1.54, 1.807) is 7.11 Å². The summed E-state index contributed by atoms with van der Waals surface area (Å²) in [5.41, 5.74) is 0.166. The minimum absolute atomic E-state index is 0.258. The van der Waals surface area contributed by atoms with Gasteiger partial charge in [-0.25, -0.2) is 0 Å². The average molecular weight is 214 g/mol. The SMILES string of the molecule is CCCC(O)C1(OC)CCC(C)(C)CC1. The van der Waals surface area contributed by atoms with Crippen molar-refractivity contribution in [3.05, 3.63) is 0 Å². The van der Waals surface area contributed by atoms with Crippen molar-refractivity contribution in [3.63, 3.8) is 0 Å². The summed E-state index contributed by atoms with van der Waals surface area (Å²) in [6, 6.07) is 0. The molecule has 0 aromatic rings. The van der Waals surface area contributed by atoms with E-state index < -0.39 is 0 Å². The molecular formula is C13H26O2. The molecule has 1 N–H and O–H groups in total. The summed E-state index contributed by atoms with van der Waals surface area (Å²) >= 11 is 0. The van der Waals surface area contributed by atoms with Gasteiger partial charge in [0.2, 0.25) is 0 Å². The number of hydrogen-bond acceptors (Lipinski definition) is 2. The molecule has 0 aliphatic heterocycles. The highest BCUT2D eigenvalue weighted by Gasteiger charge is 2.43. The molecule has 0 bridgehead atoms. The summed E-state index contributed by atoms with van der Waals surface area (Å²) in [6.07, 6.45) is 5.89.